The number of likely N-dealkylation sites (N-methyl/N-ethyl adjacent to an activating group) is 1. The zero-order chi connectivity index (χ0) is 15.6. The van der Waals surface area contributed by atoms with Crippen molar-refractivity contribution < 1.29 is 4.79 Å². The van der Waals surface area contributed by atoms with Gasteiger partial charge in [0.05, 0.1) is 0 Å². The molecule has 0 aliphatic carbocycles. The molecular formula is C16H24N4O. The molecule has 5 heteroatoms. The summed E-state index contributed by atoms with van der Waals surface area (Å²) in [6.45, 7) is 7.49. The van der Waals surface area contributed by atoms with Crippen molar-refractivity contribution in [2.24, 2.45) is 0 Å². The maximum Gasteiger partial charge on any atom is 0.242 e. The zero-order valence-electron chi connectivity index (χ0n) is 13.5. The third-order valence-corrected chi connectivity index (χ3v) is 3.33. The Morgan fingerprint density at radius 2 is 2.10 bits per heavy atom. The zero-order valence-corrected chi connectivity index (χ0v) is 13.5. The summed E-state index contributed by atoms with van der Waals surface area (Å²) in [5, 5.41) is 4.58. The molecule has 0 saturated carbocycles. The third-order valence-electron chi connectivity index (χ3n) is 3.33. The molecule has 2 aromatic rings. The van der Waals surface area contributed by atoms with E-state index in [0.29, 0.717) is 6.54 Å². The van der Waals surface area contributed by atoms with E-state index in [2.05, 4.69) is 37.1 Å². The molecule has 1 N–H and O–H groups in total. The lowest BCUT2D eigenvalue weighted by Gasteiger charge is -2.20. The summed E-state index contributed by atoms with van der Waals surface area (Å²) in [6, 6.07) is 3.99. The number of nitrogens with zero attached hydrogens (tertiary/aromatic N) is 3. The number of aromatic nitrogens is 2. The molecule has 2 aromatic heterocycles. The van der Waals surface area contributed by atoms with Crippen molar-refractivity contribution in [3.8, 4) is 0 Å². The summed E-state index contributed by atoms with van der Waals surface area (Å²) in [7, 11) is 3.53. The predicted octanol–water partition coefficient (Wildman–Crippen LogP) is 2.01. The lowest BCUT2D eigenvalue weighted by Crippen LogP contribution is -2.35. The van der Waals surface area contributed by atoms with E-state index in [0.717, 1.165) is 17.6 Å². The summed E-state index contributed by atoms with van der Waals surface area (Å²) >= 11 is 0. The highest BCUT2D eigenvalue weighted by Crippen LogP contribution is 2.20. The minimum absolute atomic E-state index is 0.0517. The van der Waals surface area contributed by atoms with E-state index in [1.165, 1.54) is 5.56 Å². The number of rotatable bonds is 4. The van der Waals surface area contributed by atoms with E-state index in [-0.39, 0.29) is 11.4 Å². The number of fused-ring (bicyclic) bond motifs is 1. The molecule has 0 aliphatic heterocycles. The van der Waals surface area contributed by atoms with E-state index in [1.807, 2.05) is 16.8 Å². The van der Waals surface area contributed by atoms with Gasteiger partial charge in [0, 0.05) is 44.0 Å². The van der Waals surface area contributed by atoms with Crippen LogP contribution in [-0.4, -0.2) is 40.0 Å². The van der Waals surface area contributed by atoms with Gasteiger partial charge in [-0.3, -0.25) is 4.79 Å². The van der Waals surface area contributed by atoms with E-state index >= 15 is 0 Å². The highest BCUT2D eigenvalue weighted by atomic mass is 16.2. The molecule has 2 heterocycles. The first-order valence-corrected chi connectivity index (χ1v) is 7.16. The highest BCUT2D eigenvalue weighted by Gasteiger charge is 2.15. The van der Waals surface area contributed by atoms with E-state index in [9.17, 15) is 4.79 Å². The number of carbonyl (C=O) groups is 1. The highest BCUT2D eigenvalue weighted by molar-refractivity contribution is 5.83. The van der Waals surface area contributed by atoms with Crippen LogP contribution in [0.15, 0.2) is 24.5 Å². The van der Waals surface area contributed by atoms with Gasteiger partial charge >= 0.3 is 0 Å². The maximum atomic E-state index is 11.9. The van der Waals surface area contributed by atoms with Crippen LogP contribution in [0.3, 0.4) is 0 Å². The summed E-state index contributed by atoms with van der Waals surface area (Å²) < 4.78 is 1.93. The Morgan fingerprint density at radius 3 is 2.71 bits per heavy atom. The van der Waals surface area contributed by atoms with Crippen molar-refractivity contribution in [3.63, 3.8) is 0 Å². The average molecular weight is 288 g/mol. The predicted molar refractivity (Wildman–Crippen MR) is 85.0 cm³/mol. The Kier molecular flexibility index (Phi) is 4.32. The fraction of sp³-hybridized carbons (Fsp3) is 0.500. The van der Waals surface area contributed by atoms with Crippen LogP contribution in [0.5, 0.6) is 0 Å². The summed E-state index contributed by atoms with van der Waals surface area (Å²) in [6.07, 6.45) is 3.79. The minimum atomic E-state index is 0.0517. The van der Waals surface area contributed by atoms with Gasteiger partial charge in [-0.15, -0.1) is 0 Å². The molecule has 0 unspecified atom stereocenters. The van der Waals surface area contributed by atoms with Crippen molar-refractivity contribution in [1.82, 2.24) is 19.8 Å². The molecule has 2 rings (SSSR count). The number of hydrogen-bond acceptors (Lipinski definition) is 3. The van der Waals surface area contributed by atoms with E-state index in [1.54, 1.807) is 25.2 Å². The van der Waals surface area contributed by atoms with Gasteiger partial charge in [-0.2, -0.15) is 0 Å². The number of carbonyl (C=O) groups excluding carboxylic acids is 1. The van der Waals surface area contributed by atoms with Crippen LogP contribution < -0.4 is 5.32 Å². The topological polar surface area (TPSA) is 50.2 Å². The lowest BCUT2D eigenvalue weighted by molar-refractivity contribution is -0.129. The van der Waals surface area contributed by atoms with E-state index in [4.69, 9.17) is 0 Å². The third kappa shape index (κ3) is 3.82. The van der Waals surface area contributed by atoms with Crippen molar-refractivity contribution >= 4 is 16.9 Å². The van der Waals surface area contributed by atoms with Gasteiger partial charge in [-0.05, 0) is 38.5 Å². The Bertz CT molecular complexity index is 637. The molecule has 0 fully saturated rings. The van der Waals surface area contributed by atoms with Crippen molar-refractivity contribution in [3.05, 3.63) is 30.1 Å². The van der Waals surface area contributed by atoms with E-state index < -0.39 is 0 Å². The van der Waals surface area contributed by atoms with Gasteiger partial charge in [-0.25, -0.2) is 4.98 Å². The number of amides is 1. The number of nitrogens with one attached hydrogen (secondary N) is 1. The summed E-state index contributed by atoms with van der Waals surface area (Å²) in [5.41, 5.74) is 2.08. The van der Waals surface area contributed by atoms with Crippen LogP contribution in [0.25, 0.3) is 11.0 Å². The molecule has 0 bridgehead atoms. The second kappa shape index (κ2) is 5.85. The molecule has 21 heavy (non-hydrogen) atoms. The van der Waals surface area contributed by atoms with Crippen LogP contribution in [-0.2, 0) is 17.9 Å². The minimum Gasteiger partial charge on any atom is -0.347 e. The largest absolute Gasteiger partial charge is 0.347 e. The van der Waals surface area contributed by atoms with Crippen molar-refractivity contribution in [2.45, 2.75) is 39.4 Å². The van der Waals surface area contributed by atoms with Crippen molar-refractivity contribution in [1.29, 1.82) is 0 Å². The van der Waals surface area contributed by atoms with Gasteiger partial charge < -0.3 is 14.8 Å². The van der Waals surface area contributed by atoms with Crippen LogP contribution in [0.1, 0.15) is 26.3 Å². The molecule has 0 aromatic carbocycles. The van der Waals surface area contributed by atoms with Gasteiger partial charge in [-0.1, -0.05) is 0 Å². The molecule has 0 atom stereocenters. The molecule has 0 radical (unpaired) electrons. The SMILES string of the molecule is CN(C)C(=O)Cn1cc(CNC(C)(C)C)c2cccnc21. The first-order chi connectivity index (χ1) is 9.78. The van der Waals surface area contributed by atoms with Crippen molar-refractivity contribution in [2.75, 3.05) is 14.1 Å². The number of hydrogen-bond donors (Lipinski definition) is 1. The molecule has 0 aliphatic rings. The Balaban J connectivity index is 2.32. The normalized spacial score (nSPS) is 11.9. The first-order valence-electron chi connectivity index (χ1n) is 7.16. The molecular weight excluding hydrogens is 264 g/mol. The Morgan fingerprint density at radius 1 is 1.38 bits per heavy atom. The van der Waals surface area contributed by atoms with Crippen LogP contribution in [0, 0.1) is 0 Å². The van der Waals surface area contributed by atoms with Gasteiger partial charge in [0.1, 0.15) is 12.2 Å². The fourth-order valence-electron chi connectivity index (χ4n) is 2.10. The molecule has 114 valence electrons. The Hall–Kier alpha value is -1.88. The Labute approximate surface area is 126 Å². The second-order valence-corrected chi connectivity index (χ2v) is 6.55. The molecule has 0 spiro atoms. The van der Waals surface area contributed by atoms with Gasteiger partial charge in [0.2, 0.25) is 5.91 Å². The monoisotopic (exact) mass is 288 g/mol. The summed E-state index contributed by atoms with van der Waals surface area (Å²) in [4.78, 5) is 18.0. The maximum absolute atomic E-state index is 11.9. The van der Waals surface area contributed by atoms with Crippen LogP contribution in [0.4, 0.5) is 0 Å². The molecule has 1 amide bonds. The lowest BCUT2D eigenvalue weighted by atomic mass is 10.1. The average Bonchev–Trinajstić information content (AvgIpc) is 2.74. The molecule has 5 nitrogen and oxygen atoms in total. The standard InChI is InChI=1S/C16H24N4O/c1-16(2,3)18-9-12-10-20(11-14(21)19(4)5)15-13(12)7-6-8-17-15/h6-8,10,18H,9,11H2,1-5H3. The smallest absolute Gasteiger partial charge is 0.242 e. The first kappa shape index (κ1) is 15.5. The van der Waals surface area contributed by atoms with Crippen LogP contribution in [0.2, 0.25) is 0 Å². The summed E-state index contributed by atoms with van der Waals surface area (Å²) in [5.74, 6) is 0.0629. The van der Waals surface area contributed by atoms with Gasteiger partial charge in [0.25, 0.3) is 0 Å². The quantitative estimate of drug-likeness (QED) is 0.936. The fourth-order valence-corrected chi connectivity index (χ4v) is 2.10. The van der Waals surface area contributed by atoms with Crippen LogP contribution >= 0.6 is 0 Å². The number of pyridine rings is 1. The second-order valence-electron chi connectivity index (χ2n) is 6.55. The molecule has 0 saturated heterocycles. The van der Waals surface area contributed by atoms with Gasteiger partial charge in [0.15, 0.2) is 0 Å².